The molecular formula is C8H14O3. The minimum absolute atomic E-state index is 0.0810. The van der Waals surface area contributed by atoms with Crippen molar-refractivity contribution in [3.05, 3.63) is 0 Å². The number of carbonyl (C=O) groups is 1. The summed E-state index contributed by atoms with van der Waals surface area (Å²) in [5, 5.41) is 0. The van der Waals surface area contributed by atoms with Gasteiger partial charge >= 0.3 is 5.97 Å². The average Bonchev–Trinajstić information content (AvgIpc) is 2.51. The predicted molar refractivity (Wildman–Crippen MR) is 40.2 cm³/mol. The number of hydrogen-bond donors (Lipinski definition) is 0. The van der Waals surface area contributed by atoms with E-state index in [9.17, 15) is 4.79 Å². The van der Waals surface area contributed by atoms with Crippen molar-refractivity contribution in [2.24, 2.45) is 0 Å². The van der Waals surface area contributed by atoms with Gasteiger partial charge in [-0.2, -0.15) is 0 Å². The minimum atomic E-state index is -0.107. The smallest absolute Gasteiger partial charge is 0.308 e. The number of hydrogen-bond acceptors (Lipinski definition) is 3. The van der Waals surface area contributed by atoms with Crippen molar-refractivity contribution >= 4 is 5.97 Å². The van der Waals surface area contributed by atoms with Gasteiger partial charge < -0.3 is 9.47 Å². The van der Waals surface area contributed by atoms with E-state index >= 15 is 0 Å². The molecular weight excluding hydrogens is 144 g/mol. The molecule has 11 heavy (non-hydrogen) atoms. The van der Waals surface area contributed by atoms with Crippen LogP contribution in [0.15, 0.2) is 0 Å². The van der Waals surface area contributed by atoms with Crippen LogP contribution in [0.5, 0.6) is 0 Å². The molecule has 2 unspecified atom stereocenters. The number of rotatable bonds is 0. The highest BCUT2D eigenvalue weighted by molar-refractivity contribution is 5.72. The topological polar surface area (TPSA) is 35.5 Å². The maximum Gasteiger partial charge on any atom is 0.308 e. The van der Waals surface area contributed by atoms with Crippen LogP contribution in [-0.2, 0) is 14.3 Å². The van der Waals surface area contributed by atoms with E-state index in [-0.39, 0.29) is 18.2 Å². The second-order valence-corrected chi connectivity index (χ2v) is 2.43. The number of ether oxygens (including phenoxy) is 2. The standard InChI is InChI=1S/C6H8O3.C2H6/c7-6-3-5-4(9-6)1-2-8-5;1-2/h4-5H,1-3H2;1-2H3. The maximum atomic E-state index is 10.6. The van der Waals surface area contributed by atoms with E-state index in [0.717, 1.165) is 13.0 Å². The fraction of sp³-hybridized carbons (Fsp3) is 0.875. The normalized spacial score (nSPS) is 33.8. The van der Waals surface area contributed by atoms with E-state index in [1.165, 1.54) is 0 Å². The van der Waals surface area contributed by atoms with Gasteiger partial charge in [0.05, 0.1) is 13.0 Å². The second-order valence-electron chi connectivity index (χ2n) is 2.43. The first kappa shape index (κ1) is 8.53. The van der Waals surface area contributed by atoms with Crippen LogP contribution in [0.25, 0.3) is 0 Å². The minimum Gasteiger partial charge on any atom is -0.459 e. The number of fused-ring (bicyclic) bond motifs is 1. The Bertz CT molecular complexity index is 130. The van der Waals surface area contributed by atoms with Crippen LogP contribution < -0.4 is 0 Å². The van der Waals surface area contributed by atoms with Crippen molar-refractivity contribution < 1.29 is 14.3 Å². The zero-order valence-corrected chi connectivity index (χ0v) is 7.00. The molecule has 2 aliphatic heterocycles. The molecule has 3 heteroatoms. The summed E-state index contributed by atoms with van der Waals surface area (Å²) >= 11 is 0. The molecule has 0 aliphatic carbocycles. The Kier molecular flexibility index (Phi) is 2.88. The highest BCUT2D eigenvalue weighted by atomic mass is 16.6. The molecule has 0 aromatic carbocycles. The molecule has 2 rings (SSSR count). The summed E-state index contributed by atoms with van der Waals surface area (Å²) in [5.74, 6) is -0.107. The molecule has 2 saturated heterocycles. The molecule has 3 nitrogen and oxygen atoms in total. The van der Waals surface area contributed by atoms with E-state index < -0.39 is 0 Å². The van der Waals surface area contributed by atoms with Gasteiger partial charge in [0, 0.05) is 6.42 Å². The second kappa shape index (κ2) is 3.72. The van der Waals surface area contributed by atoms with Gasteiger partial charge in [-0.3, -0.25) is 4.79 Å². The molecule has 2 atom stereocenters. The van der Waals surface area contributed by atoms with E-state index in [4.69, 9.17) is 9.47 Å². The third kappa shape index (κ3) is 1.71. The van der Waals surface area contributed by atoms with Gasteiger partial charge in [-0.05, 0) is 0 Å². The first-order valence-electron chi connectivity index (χ1n) is 4.17. The summed E-state index contributed by atoms with van der Waals surface area (Å²) < 4.78 is 10.1. The molecule has 2 aliphatic rings. The Morgan fingerprint density at radius 2 is 2.09 bits per heavy atom. The lowest BCUT2D eigenvalue weighted by atomic mass is 10.2. The van der Waals surface area contributed by atoms with Gasteiger partial charge in [-0.1, -0.05) is 13.8 Å². The summed E-state index contributed by atoms with van der Waals surface area (Å²) in [6, 6.07) is 0. The van der Waals surface area contributed by atoms with Crippen molar-refractivity contribution in [2.45, 2.75) is 38.9 Å². The molecule has 0 N–H and O–H groups in total. The molecule has 0 aromatic rings. The number of esters is 1. The average molecular weight is 158 g/mol. The first-order chi connectivity index (χ1) is 5.36. The van der Waals surface area contributed by atoms with Gasteiger partial charge in [-0.15, -0.1) is 0 Å². The van der Waals surface area contributed by atoms with Gasteiger partial charge in [0.1, 0.15) is 12.2 Å². The van der Waals surface area contributed by atoms with Crippen molar-refractivity contribution in [3.63, 3.8) is 0 Å². The molecule has 0 aromatic heterocycles. The molecule has 2 fully saturated rings. The largest absolute Gasteiger partial charge is 0.459 e. The Labute approximate surface area is 66.7 Å². The quantitative estimate of drug-likeness (QED) is 0.495. The molecule has 0 saturated carbocycles. The highest BCUT2D eigenvalue weighted by Crippen LogP contribution is 2.26. The SMILES string of the molecule is CC.O=C1CC2OCCC2O1. The molecule has 0 radical (unpaired) electrons. The van der Waals surface area contributed by atoms with Crippen LogP contribution >= 0.6 is 0 Å². The lowest BCUT2D eigenvalue weighted by molar-refractivity contribution is -0.141. The Morgan fingerprint density at radius 1 is 1.36 bits per heavy atom. The molecule has 2 heterocycles. The number of carbonyl (C=O) groups excluding carboxylic acids is 1. The van der Waals surface area contributed by atoms with Crippen LogP contribution in [0, 0.1) is 0 Å². The third-order valence-electron chi connectivity index (χ3n) is 1.80. The van der Waals surface area contributed by atoms with Crippen LogP contribution in [0.3, 0.4) is 0 Å². The maximum absolute atomic E-state index is 10.6. The van der Waals surface area contributed by atoms with Crippen molar-refractivity contribution in [1.29, 1.82) is 0 Å². The molecule has 0 spiro atoms. The van der Waals surface area contributed by atoms with Gasteiger partial charge in [-0.25, -0.2) is 0 Å². The zero-order chi connectivity index (χ0) is 8.27. The van der Waals surface area contributed by atoms with Crippen LogP contribution in [0.4, 0.5) is 0 Å². The molecule has 0 bridgehead atoms. The summed E-state index contributed by atoms with van der Waals surface area (Å²) in [5.41, 5.74) is 0. The van der Waals surface area contributed by atoms with E-state index in [1.54, 1.807) is 0 Å². The Hall–Kier alpha value is -0.570. The summed E-state index contributed by atoms with van der Waals surface area (Å²) in [6.07, 6.45) is 1.51. The predicted octanol–water partition coefficient (Wildman–Crippen LogP) is 1.12. The molecule has 64 valence electrons. The molecule has 0 amide bonds. The first-order valence-corrected chi connectivity index (χ1v) is 4.17. The summed E-state index contributed by atoms with van der Waals surface area (Å²) in [6.45, 7) is 4.75. The Balaban J connectivity index is 0.000000281. The van der Waals surface area contributed by atoms with Crippen LogP contribution in [0.1, 0.15) is 26.7 Å². The van der Waals surface area contributed by atoms with E-state index in [1.807, 2.05) is 13.8 Å². The highest BCUT2D eigenvalue weighted by Gasteiger charge is 2.39. The fourth-order valence-electron chi connectivity index (χ4n) is 1.34. The lowest BCUT2D eigenvalue weighted by Crippen LogP contribution is -2.13. The lowest BCUT2D eigenvalue weighted by Gasteiger charge is -2.02. The van der Waals surface area contributed by atoms with Gasteiger partial charge in [0.15, 0.2) is 0 Å². The summed E-state index contributed by atoms with van der Waals surface area (Å²) in [4.78, 5) is 10.6. The van der Waals surface area contributed by atoms with Crippen molar-refractivity contribution in [1.82, 2.24) is 0 Å². The third-order valence-corrected chi connectivity index (χ3v) is 1.80. The van der Waals surface area contributed by atoms with Crippen molar-refractivity contribution in [2.75, 3.05) is 6.61 Å². The monoisotopic (exact) mass is 158 g/mol. The summed E-state index contributed by atoms with van der Waals surface area (Å²) in [7, 11) is 0. The van der Waals surface area contributed by atoms with E-state index in [2.05, 4.69) is 0 Å². The van der Waals surface area contributed by atoms with Crippen molar-refractivity contribution in [3.8, 4) is 0 Å². The fourth-order valence-corrected chi connectivity index (χ4v) is 1.34. The van der Waals surface area contributed by atoms with Gasteiger partial charge in [0.25, 0.3) is 0 Å². The van der Waals surface area contributed by atoms with E-state index in [0.29, 0.717) is 6.42 Å². The van der Waals surface area contributed by atoms with Crippen LogP contribution in [0.2, 0.25) is 0 Å². The van der Waals surface area contributed by atoms with Crippen LogP contribution in [-0.4, -0.2) is 24.8 Å². The zero-order valence-electron chi connectivity index (χ0n) is 7.00. The van der Waals surface area contributed by atoms with Gasteiger partial charge in [0.2, 0.25) is 0 Å². The Morgan fingerprint density at radius 3 is 2.73 bits per heavy atom.